The maximum absolute atomic E-state index is 12.2. The highest BCUT2D eigenvalue weighted by Crippen LogP contribution is 2.35. The molecular weight excluding hydrogens is 296 g/mol. The summed E-state index contributed by atoms with van der Waals surface area (Å²) in [6.45, 7) is -0.160. The van der Waals surface area contributed by atoms with Gasteiger partial charge in [-0.2, -0.15) is 0 Å². The standard InChI is InChI=1S/C17H16N2O4/c20-17-19(16(12-23-17)14-9-5-2-6-10-14)15(11-18(21)22)13-7-3-1-4-8-13/h1-10,15-16H,11-12H2/t15-,16-/m0/s1. The summed E-state index contributed by atoms with van der Waals surface area (Å²) >= 11 is 0. The highest BCUT2D eigenvalue weighted by molar-refractivity contribution is 5.71. The second-order valence-electron chi connectivity index (χ2n) is 5.35. The second kappa shape index (κ2) is 6.48. The molecule has 3 rings (SSSR count). The van der Waals surface area contributed by atoms with E-state index in [2.05, 4.69) is 0 Å². The van der Waals surface area contributed by atoms with Crippen molar-refractivity contribution in [3.8, 4) is 0 Å². The Morgan fingerprint density at radius 1 is 1.13 bits per heavy atom. The number of hydrogen-bond acceptors (Lipinski definition) is 4. The minimum atomic E-state index is -0.661. The van der Waals surface area contributed by atoms with Crippen LogP contribution in [0, 0.1) is 10.1 Å². The number of carbonyl (C=O) groups excluding carboxylic acids is 1. The molecule has 0 saturated carbocycles. The van der Waals surface area contributed by atoms with Crippen LogP contribution in [0.3, 0.4) is 0 Å². The van der Waals surface area contributed by atoms with Gasteiger partial charge in [0.05, 0.1) is 6.04 Å². The van der Waals surface area contributed by atoms with Crippen LogP contribution in [0.15, 0.2) is 60.7 Å². The second-order valence-corrected chi connectivity index (χ2v) is 5.35. The van der Waals surface area contributed by atoms with E-state index in [9.17, 15) is 14.9 Å². The average molecular weight is 312 g/mol. The smallest absolute Gasteiger partial charge is 0.411 e. The topological polar surface area (TPSA) is 72.7 Å². The SMILES string of the molecule is O=C1OC[C@@H](c2ccccc2)N1[C@@H](C[N+](=O)[O-])c1ccccc1. The molecule has 0 N–H and O–H groups in total. The quantitative estimate of drug-likeness (QED) is 0.628. The number of benzene rings is 2. The fraction of sp³-hybridized carbons (Fsp3) is 0.235. The number of cyclic esters (lactones) is 1. The lowest BCUT2D eigenvalue weighted by Gasteiger charge is -2.28. The van der Waals surface area contributed by atoms with Crippen LogP contribution in [0.1, 0.15) is 23.2 Å². The van der Waals surface area contributed by atoms with Gasteiger partial charge in [0.25, 0.3) is 0 Å². The molecule has 2 aromatic carbocycles. The van der Waals surface area contributed by atoms with Gasteiger partial charge in [0.15, 0.2) is 0 Å². The molecule has 2 aromatic rings. The first-order chi connectivity index (χ1) is 11.2. The lowest BCUT2D eigenvalue weighted by Crippen LogP contribution is -2.36. The Balaban J connectivity index is 1.98. The van der Waals surface area contributed by atoms with Gasteiger partial charge in [0.2, 0.25) is 6.54 Å². The minimum absolute atomic E-state index is 0.198. The molecule has 0 aromatic heterocycles. The van der Waals surface area contributed by atoms with Crippen molar-refractivity contribution in [2.75, 3.05) is 13.2 Å². The molecule has 118 valence electrons. The molecule has 1 heterocycles. The summed E-state index contributed by atoms with van der Waals surface area (Å²) in [6, 6.07) is 17.5. The number of rotatable bonds is 5. The van der Waals surface area contributed by atoms with Gasteiger partial charge in [-0.1, -0.05) is 60.7 Å². The number of nitrogens with zero attached hydrogens (tertiary/aromatic N) is 2. The monoisotopic (exact) mass is 312 g/mol. The van der Waals surface area contributed by atoms with Crippen molar-refractivity contribution >= 4 is 6.09 Å². The van der Waals surface area contributed by atoms with Crippen LogP contribution in [0.4, 0.5) is 4.79 Å². The predicted octanol–water partition coefficient (Wildman–Crippen LogP) is 3.20. The van der Waals surface area contributed by atoms with E-state index in [4.69, 9.17) is 4.74 Å². The van der Waals surface area contributed by atoms with Crippen LogP contribution in [0.5, 0.6) is 0 Å². The fourth-order valence-electron chi connectivity index (χ4n) is 2.88. The highest BCUT2D eigenvalue weighted by Gasteiger charge is 2.41. The Labute approximate surface area is 133 Å². The molecule has 0 aliphatic carbocycles. The summed E-state index contributed by atoms with van der Waals surface area (Å²) in [4.78, 5) is 24.4. The zero-order valence-corrected chi connectivity index (χ0v) is 12.4. The number of nitro groups is 1. The molecule has 1 amide bonds. The molecule has 1 saturated heterocycles. The van der Waals surface area contributed by atoms with Gasteiger partial charge in [-0.15, -0.1) is 0 Å². The predicted molar refractivity (Wildman–Crippen MR) is 83.4 cm³/mol. The van der Waals surface area contributed by atoms with Gasteiger partial charge in [-0.25, -0.2) is 4.79 Å². The molecule has 0 bridgehead atoms. The van der Waals surface area contributed by atoms with E-state index in [0.29, 0.717) is 0 Å². The molecule has 0 radical (unpaired) electrons. The Morgan fingerprint density at radius 3 is 2.35 bits per heavy atom. The van der Waals surface area contributed by atoms with Crippen molar-refractivity contribution < 1.29 is 14.5 Å². The molecule has 23 heavy (non-hydrogen) atoms. The first kappa shape index (κ1) is 15.0. The molecule has 2 atom stereocenters. The number of amides is 1. The maximum Gasteiger partial charge on any atom is 0.411 e. The minimum Gasteiger partial charge on any atom is -0.447 e. The number of hydrogen-bond donors (Lipinski definition) is 0. The van der Waals surface area contributed by atoms with Gasteiger partial charge >= 0.3 is 6.09 Å². The largest absolute Gasteiger partial charge is 0.447 e. The van der Waals surface area contributed by atoms with E-state index in [1.807, 2.05) is 36.4 Å². The molecule has 1 aliphatic heterocycles. The highest BCUT2D eigenvalue weighted by atomic mass is 16.6. The Hall–Kier alpha value is -2.89. The van der Waals surface area contributed by atoms with Crippen LogP contribution in [-0.2, 0) is 4.74 Å². The molecule has 6 nitrogen and oxygen atoms in total. The number of ether oxygens (including phenoxy) is 1. The van der Waals surface area contributed by atoms with Crippen molar-refractivity contribution in [2.45, 2.75) is 12.1 Å². The fourth-order valence-corrected chi connectivity index (χ4v) is 2.88. The zero-order valence-electron chi connectivity index (χ0n) is 12.4. The van der Waals surface area contributed by atoms with Gasteiger partial charge in [-0.05, 0) is 11.1 Å². The molecule has 0 spiro atoms. The third kappa shape index (κ3) is 3.15. The van der Waals surface area contributed by atoms with Crippen molar-refractivity contribution in [1.82, 2.24) is 4.90 Å². The molecule has 0 unspecified atom stereocenters. The summed E-state index contributed by atoms with van der Waals surface area (Å²) < 4.78 is 5.18. The van der Waals surface area contributed by atoms with Gasteiger partial charge < -0.3 is 4.74 Å². The normalized spacial score (nSPS) is 18.5. The van der Waals surface area contributed by atoms with E-state index in [0.717, 1.165) is 11.1 Å². The van der Waals surface area contributed by atoms with Gasteiger partial charge in [-0.3, -0.25) is 15.0 Å². The van der Waals surface area contributed by atoms with Crippen LogP contribution in [0.2, 0.25) is 0 Å². The molecular formula is C17H16N2O4. The maximum atomic E-state index is 12.2. The van der Waals surface area contributed by atoms with Crippen molar-refractivity contribution in [3.05, 3.63) is 81.9 Å². The van der Waals surface area contributed by atoms with E-state index >= 15 is 0 Å². The molecule has 1 fully saturated rings. The zero-order chi connectivity index (χ0) is 16.2. The van der Waals surface area contributed by atoms with Crippen molar-refractivity contribution in [3.63, 3.8) is 0 Å². The van der Waals surface area contributed by atoms with E-state index < -0.39 is 17.1 Å². The van der Waals surface area contributed by atoms with Gasteiger partial charge in [0.1, 0.15) is 12.6 Å². The van der Waals surface area contributed by atoms with Crippen LogP contribution >= 0.6 is 0 Å². The van der Waals surface area contributed by atoms with E-state index in [-0.39, 0.29) is 19.2 Å². The van der Waals surface area contributed by atoms with E-state index in [1.54, 1.807) is 24.3 Å². The summed E-state index contributed by atoms with van der Waals surface area (Å²) in [7, 11) is 0. The third-order valence-electron chi connectivity index (χ3n) is 3.94. The molecule has 1 aliphatic rings. The summed E-state index contributed by atoms with van der Waals surface area (Å²) in [5, 5.41) is 11.1. The van der Waals surface area contributed by atoms with Crippen molar-refractivity contribution in [1.29, 1.82) is 0 Å². The van der Waals surface area contributed by atoms with Crippen LogP contribution in [-0.4, -0.2) is 29.1 Å². The first-order valence-corrected chi connectivity index (χ1v) is 7.33. The number of carbonyl (C=O) groups is 1. The van der Waals surface area contributed by atoms with Gasteiger partial charge in [0, 0.05) is 4.92 Å². The van der Waals surface area contributed by atoms with Crippen LogP contribution in [0.25, 0.3) is 0 Å². The third-order valence-corrected chi connectivity index (χ3v) is 3.94. The molecule has 6 heteroatoms. The summed E-state index contributed by atoms with van der Waals surface area (Å²) in [6.07, 6.45) is -0.519. The lowest BCUT2D eigenvalue weighted by atomic mass is 10.0. The van der Waals surface area contributed by atoms with E-state index in [1.165, 1.54) is 4.90 Å². The van der Waals surface area contributed by atoms with Crippen molar-refractivity contribution in [2.24, 2.45) is 0 Å². The Morgan fingerprint density at radius 2 is 1.74 bits per heavy atom. The lowest BCUT2D eigenvalue weighted by molar-refractivity contribution is -0.487. The Kier molecular flexibility index (Phi) is 4.23. The summed E-state index contributed by atoms with van der Waals surface area (Å²) in [5.41, 5.74) is 1.63. The average Bonchev–Trinajstić information content (AvgIpc) is 2.95. The van der Waals surface area contributed by atoms with Crippen LogP contribution < -0.4 is 0 Å². The summed E-state index contributed by atoms with van der Waals surface area (Å²) in [5.74, 6) is 0. The Bertz CT molecular complexity index is 690. The first-order valence-electron chi connectivity index (χ1n) is 7.33.